The lowest BCUT2D eigenvalue weighted by atomic mass is 9.76. The summed E-state index contributed by atoms with van der Waals surface area (Å²) in [5, 5.41) is 0. The van der Waals surface area contributed by atoms with Gasteiger partial charge >= 0.3 is 0 Å². The molecule has 0 aliphatic carbocycles. The average Bonchev–Trinajstić information content (AvgIpc) is 2.20. The first kappa shape index (κ1) is 14.0. The third-order valence-corrected chi connectivity index (χ3v) is 4.52. The topological polar surface area (TPSA) is 29.3 Å². The maximum Gasteiger partial charge on any atom is 0.0266 e. The number of hydrogen-bond acceptors (Lipinski definition) is 2. The number of nitrogens with two attached hydrogens (primary N) is 1. The van der Waals surface area contributed by atoms with E-state index in [0.717, 1.165) is 6.54 Å². The summed E-state index contributed by atoms with van der Waals surface area (Å²) in [5.41, 5.74) is 6.83. The van der Waals surface area contributed by atoms with E-state index in [-0.39, 0.29) is 0 Å². The van der Waals surface area contributed by atoms with Gasteiger partial charge in [-0.25, -0.2) is 0 Å². The van der Waals surface area contributed by atoms with Gasteiger partial charge in [0.2, 0.25) is 0 Å². The molecule has 1 aliphatic heterocycles. The van der Waals surface area contributed by atoms with Gasteiger partial charge in [-0.1, -0.05) is 41.0 Å². The molecule has 1 aliphatic rings. The van der Waals surface area contributed by atoms with Gasteiger partial charge in [-0.2, -0.15) is 0 Å². The van der Waals surface area contributed by atoms with Crippen LogP contribution in [0.5, 0.6) is 0 Å². The van der Waals surface area contributed by atoms with Crippen LogP contribution in [-0.2, 0) is 0 Å². The van der Waals surface area contributed by atoms with Crippen LogP contribution >= 0.6 is 0 Å². The summed E-state index contributed by atoms with van der Waals surface area (Å²) in [6.07, 6.45) is 3.97. The lowest BCUT2D eigenvalue weighted by Gasteiger charge is -2.46. The predicted octanol–water partition coefficient (Wildman–Crippen LogP) is 2.87. The van der Waals surface area contributed by atoms with E-state index in [0.29, 0.717) is 16.9 Å². The molecule has 1 fully saturated rings. The van der Waals surface area contributed by atoms with Crippen molar-refractivity contribution < 1.29 is 0 Å². The Bertz CT molecular complexity index is 209. The number of piperidine rings is 1. The molecule has 0 radical (unpaired) electrons. The molecular formula is C14H30N2. The minimum absolute atomic E-state index is 0.300. The molecule has 0 aromatic rings. The molecule has 1 heterocycles. The van der Waals surface area contributed by atoms with Crippen LogP contribution in [0, 0.1) is 10.8 Å². The molecule has 16 heavy (non-hydrogen) atoms. The molecule has 0 saturated carbocycles. The zero-order valence-corrected chi connectivity index (χ0v) is 11.8. The van der Waals surface area contributed by atoms with Crippen molar-refractivity contribution >= 4 is 0 Å². The van der Waals surface area contributed by atoms with Crippen LogP contribution < -0.4 is 5.73 Å². The highest BCUT2D eigenvalue weighted by molar-refractivity contribution is 4.89. The summed E-state index contributed by atoms with van der Waals surface area (Å²) in [6.45, 7) is 14.9. The fraction of sp³-hybridized carbons (Fsp3) is 1.00. The van der Waals surface area contributed by atoms with Crippen molar-refractivity contribution in [3.8, 4) is 0 Å². The molecule has 0 aromatic carbocycles. The molecule has 2 heteroatoms. The third kappa shape index (κ3) is 3.21. The van der Waals surface area contributed by atoms with E-state index in [2.05, 4.69) is 39.5 Å². The first-order chi connectivity index (χ1) is 7.32. The summed E-state index contributed by atoms with van der Waals surface area (Å²) < 4.78 is 0. The second-order valence-electron chi connectivity index (χ2n) is 6.82. The molecule has 0 bridgehead atoms. The van der Waals surface area contributed by atoms with Crippen LogP contribution in [0.3, 0.4) is 0 Å². The quantitative estimate of drug-likeness (QED) is 0.802. The Balaban J connectivity index is 2.58. The van der Waals surface area contributed by atoms with Crippen LogP contribution in [0.15, 0.2) is 0 Å². The molecule has 1 rings (SSSR count). The van der Waals surface area contributed by atoms with E-state index in [1.165, 1.54) is 32.4 Å². The molecule has 2 nitrogen and oxygen atoms in total. The normalized spacial score (nSPS) is 24.4. The Hall–Kier alpha value is -0.0800. The zero-order valence-electron chi connectivity index (χ0n) is 11.8. The van der Waals surface area contributed by atoms with Crippen LogP contribution in [0.2, 0.25) is 0 Å². The summed E-state index contributed by atoms with van der Waals surface area (Å²) in [6, 6.07) is 0.536. The van der Waals surface area contributed by atoms with Crippen molar-refractivity contribution in [1.29, 1.82) is 0 Å². The van der Waals surface area contributed by atoms with E-state index < -0.39 is 0 Å². The first-order valence-electron chi connectivity index (χ1n) is 6.76. The molecule has 0 aromatic heterocycles. The van der Waals surface area contributed by atoms with Crippen LogP contribution in [0.4, 0.5) is 0 Å². The molecule has 96 valence electrons. The van der Waals surface area contributed by atoms with Crippen molar-refractivity contribution in [2.75, 3.05) is 19.6 Å². The van der Waals surface area contributed by atoms with Crippen molar-refractivity contribution in [1.82, 2.24) is 4.90 Å². The van der Waals surface area contributed by atoms with Gasteiger partial charge < -0.3 is 5.73 Å². The molecule has 0 spiro atoms. The van der Waals surface area contributed by atoms with Crippen LogP contribution in [-0.4, -0.2) is 30.6 Å². The second kappa shape index (κ2) is 5.05. The van der Waals surface area contributed by atoms with Gasteiger partial charge in [-0.05, 0) is 36.8 Å². The van der Waals surface area contributed by atoms with Gasteiger partial charge in [-0.15, -0.1) is 0 Å². The van der Waals surface area contributed by atoms with Crippen molar-refractivity contribution in [3.05, 3.63) is 0 Å². The van der Waals surface area contributed by atoms with Crippen LogP contribution in [0.25, 0.3) is 0 Å². The summed E-state index contributed by atoms with van der Waals surface area (Å²) >= 11 is 0. The number of hydrogen-bond donors (Lipinski definition) is 1. The van der Waals surface area contributed by atoms with E-state index in [9.17, 15) is 0 Å². The van der Waals surface area contributed by atoms with Crippen molar-refractivity contribution in [2.24, 2.45) is 16.6 Å². The monoisotopic (exact) mass is 226 g/mol. The smallest absolute Gasteiger partial charge is 0.0266 e. The molecule has 1 saturated heterocycles. The third-order valence-electron chi connectivity index (χ3n) is 4.52. The lowest BCUT2D eigenvalue weighted by Crippen LogP contribution is -2.52. The zero-order chi connectivity index (χ0) is 12.4. The maximum atomic E-state index is 5.95. The SMILES string of the molecule is CCC1(C)CCN(C(CN)C(C)(C)C)CC1. The number of rotatable bonds is 3. The molecule has 1 unspecified atom stereocenters. The Morgan fingerprint density at radius 1 is 1.25 bits per heavy atom. The summed E-state index contributed by atoms with van der Waals surface area (Å²) in [5.74, 6) is 0. The fourth-order valence-electron chi connectivity index (χ4n) is 2.78. The van der Waals surface area contributed by atoms with Crippen molar-refractivity contribution in [2.45, 2.75) is 59.9 Å². The lowest BCUT2D eigenvalue weighted by molar-refractivity contribution is 0.0387. The Morgan fingerprint density at radius 3 is 2.06 bits per heavy atom. The molecule has 2 N–H and O–H groups in total. The predicted molar refractivity (Wildman–Crippen MR) is 71.5 cm³/mol. The van der Waals surface area contributed by atoms with Gasteiger partial charge in [0.25, 0.3) is 0 Å². The van der Waals surface area contributed by atoms with E-state index >= 15 is 0 Å². The standard InChI is InChI=1S/C14H30N2/c1-6-14(5)7-9-16(10-8-14)12(11-15)13(2,3)4/h12H,6-11,15H2,1-5H3. The van der Waals surface area contributed by atoms with Gasteiger partial charge in [0.1, 0.15) is 0 Å². The Labute approximate surface area is 102 Å². The minimum atomic E-state index is 0.300. The first-order valence-corrected chi connectivity index (χ1v) is 6.76. The second-order valence-corrected chi connectivity index (χ2v) is 6.82. The van der Waals surface area contributed by atoms with E-state index in [1.807, 2.05) is 0 Å². The Kier molecular flexibility index (Phi) is 4.42. The molecular weight excluding hydrogens is 196 g/mol. The Morgan fingerprint density at radius 2 is 1.75 bits per heavy atom. The van der Waals surface area contributed by atoms with Gasteiger partial charge in [0.05, 0.1) is 0 Å². The highest BCUT2D eigenvalue weighted by atomic mass is 15.2. The average molecular weight is 226 g/mol. The number of likely N-dealkylation sites (tertiary alicyclic amines) is 1. The molecule has 0 amide bonds. The van der Waals surface area contributed by atoms with E-state index in [4.69, 9.17) is 5.73 Å². The summed E-state index contributed by atoms with van der Waals surface area (Å²) in [4.78, 5) is 2.61. The number of nitrogens with zero attached hydrogens (tertiary/aromatic N) is 1. The largest absolute Gasteiger partial charge is 0.329 e. The molecule has 1 atom stereocenters. The van der Waals surface area contributed by atoms with Crippen LogP contribution in [0.1, 0.15) is 53.9 Å². The van der Waals surface area contributed by atoms with Crippen molar-refractivity contribution in [3.63, 3.8) is 0 Å². The fourth-order valence-corrected chi connectivity index (χ4v) is 2.78. The van der Waals surface area contributed by atoms with Gasteiger partial charge in [0.15, 0.2) is 0 Å². The van der Waals surface area contributed by atoms with Gasteiger partial charge in [0, 0.05) is 12.6 Å². The minimum Gasteiger partial charge on any atom is -0.329 e. The van der Waals surface area contributed by atoms with Gasteiger partial charge in [-0.3, -0.25) is 4.90 Å². The maximum absolute atomic E-state index is 5.95. The highest BCUT2D eigenvalue weighted by Crippen LogP contribution is 2.36. The van der Waals surface area contributed by atoms with E-state index in [1.54, 1.807) is 0 Å². The highest BCUT2D eigenvalue weighted by Gasteiger charge is 2.35. The summed E-state index contributed by atoms with van der Waals surface area (Å²) in [7, 11) is 0.